The summed E-state index contributed by atoms with van der Waals surface area (Å²) in [5.74, 6) is 0. The number of hydrogen-bond donors (Lipinski definition) is 1. The Labute approximate surface area is 98.5 Å². The van der Waals surface area contributed by atoms with E-state index in [1.807, 2.05) is 0 Å². The number of halogens is 1. The Bertz CT molecular complexity index is 306. The van der Waals surface area contributed by atoms with E-state index in [2.05, 4.69) is 45.0 Å². The lowest BCUT2D eigenvalue weighted by Gasteiger charge is -2.20. The summed E-state index contributed by atoms with van der Waals surface area (Å²) in [6.45, 7) is 6.70. The maximum absolute atomic E-state index is 6.13. The van der Waals surface area contributed by atoms with Gasteiger partial charge in [0.05, 0.1) is 0 Å². The molecule has 15 heavy (non-hydrogen) atoms. The summed E-state index contributed by atoms with van der Waals surface area (Å²) in [6, 6.07) is 8.80. The van der Waals surface area contributed by atoms with Crippen LogP contribution in [0.1, 0.15) is 44.7 Å². The van der Waals surface area contributed by atoms with Crippen LogP contribution in [-0.2, 0) is 11.0 Å². The molecule has 1 aromatic carbocycles. The summed E-state index contributed by atoms with van der Waals surface area (Å²) in [5, 5.41) is 0. The van der Waals surface area contributed by atoms with Crippen LogP contribution in [-0.4, -0.2) is 0 Å². The van der Waals surface area contributed by atoms with Crippen molar-refractivity contribution in [3.8, 4) is 0 Å². The normalized spacial score (nSPS) is 18.1. The fraction of sp³-hybridized carbons (Fsp3) is 0.538. The third-order valence-electron chi connectivity index (χ3n) is 3.11. The van der Waals surface area contributed by atoms with Gasteiger partial charge in [-0.2, -0.15) is 0 Å². The van der Waals surface area contributed by atoms with E-state index in [9.17, 15) is 0 Å². The summed E-state index contributed by atoms with van der Waals surface area (Å²) in [7, 11) is 0. The third kappa shape index (κ3) is 2.53. The van der Waals surface area contributed by atoms with E-state index in [0.29, 0.717) is 0 Å². The molecule has 1 aliphatic rings. The molecule has 0 unspecified atom stereocenters. The summed E-state index contributed by atoms with van der Waals surface area (Å²) < 4.78 is 0. The fourth-order valence-electron chi connectivity index (χ4n) is 1.73. The fourth-order valence-corrected chi connectivity index (χ4v) is 1.73. The van der Waals surface area contributed by atoms with Crippen molar-refractivity contribution in [1.82, 2.24) is 0 Å². The van der Waals surface area contributed by atoms with Gasteiger partial charge in [-0.3, -0.25) is 0 Å². The molecule has 0 bridgehead atoms. The van der Waals surface area contributed by atoms with Crippen molar-refractivity contribution < 1.29 is 0 Å². The predicted molar refractivity (Wildman–Crippen MR) is 67.5 cm³/mol. The van der Waals surface area contributed by atoms with E-state index in [0.717, 1.165) is 12.8 Å². The zero-order valence-corrected chi connectivity index (χ0v) is 10.5. The minimum atomic E-state index is 0. The highest BCUT2D eigenvalue weighted by Crippen LogP contribution is 2.42. The molecule has 1 aliphatic carbocycles. The largest absolute Gasteiger partial charge is 0.321 e. The summed E-state index contributed by atoms with van der Waals surface area (Å²) in [6.07, 6.45) is 2.28. The SMILES string of the molecule is CC(C)(C)c1ccc(C2(N)CC2)cc1.Cl. The van der Waals surface area contributed by atoms with Gasteiger partial charge in [-0.15, -0.1) is 12.4 Å². The van der Waals surface area contributed by atoms with Crippen molar-refractivity contribution in [1.29, 1.82) is 0 Å². The predicted octanol–water partition coefficient (Wildman–Crippen LogP) is 3.35. The molecule has 2 heteroatoms. The van der Waals surface area contributed by atoms with Crippen LogP contribution in [0, 0.1) is 0 Å². The second-order valence-electron chi connectivity index (χ2n) is 5.48. The summed E-state index contributed by atoms with van der Waals surface area (Å²) in [4.78, 5) is 0. The van der Waals surface area contributed by atoms with Crippen molar-refractivity contribution in [2.24, 2.45) is 5.73 Å². The number of benzene rings is 1. The third-order valence-corrected chi connectivity index (χ3v) is 3.11. The lowest BCUT2D eigenvalue weighted by molar-refractivity contribution is 0.589. The van der Waals surface area contributed by atoms with Crippen LogP contribution < -0.4 is 5.73 Å². The molecule has 1 nitrogen and oxygen atoms in total. The maximum Gasteiger partial charge on any atom is 0.0411 e. The summed E-state index contributed by atoms with van der Waals surface area (Å²) in [5.41, 5.74) is 9.05. The average molecular weight is 226 g/mol. The van der Waals surface area contributed by atoms with Gasteiger partial charge in [0.2, 0.25) is 0 Å². The Morgan fingerprint density at radius 3 is 1.87 bits per heavy atom. The van der Waals surface area contributed by atoms with Crippen molar-refractivity contribution in [2.75, 3.05) is 0 Å². The smallest absolute Gasteiger partial charge is 0.0411 e. The van der Waals surface area contributed by atoms with Gasteiger partial charge in [0.15, 0.2) is 0 Å². The monoisotopic (exact) mass is 225 g/mol. The Morgan fingerprint density at radius 2 is 1.53 bits per heavy atom. The van der Waals surface area contributed by atoms with E-state index in [4.69, 9.17) is 5.73 Å². The van der Waals surface area contributed by atoms with Gasteiger partial charge < -0.3 is 5.73 Å². The highest BCUT2D eigenvalue weighted by molar-refractivity contribution is 5.85. The van der Waals surface area contributed by atoms with Gasteiger partial charge in [0, 0.05) is 5.54 Å². The Morgan fingerprint density at radius 1 is 1.07 bits per heavy atom. The van der Waals surface area contributed by atoms with Crippen LogP contribution >= 0.6 is 12.4 Å². The highest BCUT2D eigenvalue weighted by Gasteiger charge is 2.39. The molecule has 0 aromatic heterocycles. The molecule has 0 spiro atoms. The molecule has 2 rings (SSSR count). The summed E-state index contributed by atoms with van der Waals surface area (Å²) >= 11 is 0. The van der Waals surface area contributed by atoms with Crippen LogP contribution in [0.25, 0.3) is 0 Å². The Kier molecular flexibility index (Phi) is 3.18. The van der Waals surface area contributed by atoms with Gasteiger partial charge >= 0.3 is 0 Å². The van der Waals surface area contributed by atoms with Crippen LogP contribution in [0.3, 0.4) is 0 Å². The van der Waals surface area contributed by atoms with Crippen LogP contribution in [0.4, 0.5) is 0 Å². The lowest BCUT2D eigenvalue weighted by Crippen LogP contribution is -2.19. The van der Waals surface area contributed by atoms with E-state index in [1.54, 1.807) is 0 Å². The van der Waals surface area contributed by atoms with Crippen molar-refractivity contribution in [3.05, 3.63) is 35.4 Å². The molecule has 0 saturated heterocycles. The molecule has 0 heterocycles. The van der Waals surface area contributed by atoms with Crippen LogP contribution in [0.5, 0.6) is 0 Å². The number of hydrogen-bond acceptors (Lipinski definition) is 1. The first-order valence-electron chi connectivity index (χ1n) is 5.32. The molecular weight excluding hydrogens is 206 g/mol. The zero-order chi connectivity index (χ0) is 10.4. The van der Waals surface area contributed by atoms with E-state index >= 15 is 0 Å². The number of rotatable bonds is 1. The molecule has 1 fully saturated rings. The van der Waals surface area contributed by atoms with E-state index in [-0.39, 0.29) is 23.4 Å². The molecular formula is C13H20ClN. The van der Waals surface area contributed by atoms with Gasteiger partial charge in [0.1, 0.15) is 0 Å². The van der Waals surface area contributed by atoms with Crippen LogP contribution in [0.2, 0.25) is 0 Å². The van der Waals surface area contributed by atoms with Crippen molar-refractivity contribution in [2.45, 2.75) is 44.6 Å². The second kappa shape index (κ2) is 3.80. The molecule has 0 aliphatic heterocycles. The van der Waals surface area contributed by atoms with Crippen LogP contribution in [0.15, 0.2) is 24.3 Å². The Balaban J connectivity index is 0.00000112. The molecule has 2 N–H and O–H groups in total. The molecule has 1 aromatic rings. The van der Waals surface area contributed by atoms with Gasteiger partial charge in [0.25, 0.3) is 0 Å². The Hall–Kier alpha value is -0.530. The van der Waals surface area contributed by atoms with Gasteiger partial charge in [-0.05, 0) is 29.4 Å². The molecule has 84 valence electrons. The highest BCUT2D eigenvalue weighted by atomic mass is 35.5. The van der Waals surface area contributed by atoms with E-state index < -0.39 is 0 Å². The average Bonchev–Trinajstić information content (AvgIpc) is 2.84. The lowest BCUT2D eigenvalue weighted by atomic mass is 9.86. The maximum atomic E-state index is 6.13. The van der Waals surface area contributed by atoms with Crippen molar-refractivity contribution in [3.63, 3.8) is 0 Å². The topological polar surface area (TPSA) is 26.0 Å². The van der Waals surface area contributed by atoms with Gasteiger partial charge in [-0.1, -0.05) is 45.0 Å². The minimum Gasteiger partial charge on any atom is -0.321 e. The standard InChI is InChI=1S/C13H19N.ClH/c1-12(2,3)10-4-6-11(7-5-10)13(14)8-9-13;/h4-7H,8-9,14H2,1-3H3;1H. The first kappa shape index (κ1) is 12.5. The first-order valence-corrected chi connectivity index (χ1v) is 5.32. The molecule has 1 saturated carbocycles. The first-order chi connectivity index (χ1) is 6.42. The molecule has 0 amide bonds. The molecule has 0 atom stereocenters. The second-order valence-corrected chi connectivity index (χ2v) is 5.48. The zero-order valence-electron chi connectivity index (χ0n) is 9.71. The van der Waals surface area contributed by atoms with Crippen molar-refractivity contribution >= 4 is 12.4 Å². The quantitative estimate of drug-likeness (QED) is 0.780. The van der Waals surface area contributed by atoms with Gasteiger partial charge in [-0.25, -0.2) is 0 Å². The molecule has 0 radical (unpaired) electrons. The van der Waals surface area contributed by atoms with E-state index in [1.165, 1.54) is 11.1 Å². The minimum absolute atomic E-state index is 0. The number of nitrogens with two attached hydrogens (primary N) is 1.